The molecule has 6 nitrogen and oxygen atoms in total. The monoisotopic (exact) mass is 387 g/mol. The van der Waals surface area contributed by atoms with Gasteiger partial charge in [0.1, 0.15) is 18.5 Å². The molecule has 0 aromatic heterocycles. The van der Waals surface area contributed by atoms with Gasteiger partial charge in [0, 0.05) is 11.4 Å². The van der Waals surface area contributed by atoms with Crippen molar-refractivity contribution < 1.29 is 23.8 Å². The molecule has 0 saturated heterocycles. The van der Waals surface area contributed by atoms with E-state index in [0.717, 1.165) is 16.2 Å². The van der Waals surface area contributed by atoms with E-state index in [0.29, 0.717) is 31.1 Å². The van der Waals surface area contributed by atoms with Crippen LogP contribution in [0.1, 0.15) is 22.8 Å². The number of carbonyl (C=O) groups excluding carboxylic acids is 2. The molecule has 142 valence electrons. The van der Waals surface area contributed by atoms with Gasteiger partial charge in [0.15, 0.2) is 11.5 Å². The number of amides is 1. The van der Waals surface area contributed by atoms with Crippen molar-refractivity contribution in [3.63, 3.8) is 0 Å². The second-order valence-electron chi connectivity index (χ2n) is 5.94. The second kappa shape index (κ2) is 8.81. The highest BCUT2D eigenvalue weighted by molar-refractivity contribution is 8.00. The zero-order chi connectivity index (χ0) is 19.2. The van der Waals surface area contributed by atoms with Crippen LogP contribution in [0.15, 0.2) is 47.4 Å². The summed E-state index contributed by atoms with van der Waals surface area (Å²) in [5, 5.41) is 2.51. The van der Waals surface area contributed by atoms with Gasteiger partial charge in [-0.3, -0.25) is 9.59 Å². The molecule has 2 aromatic rings. The summed E-state index contributed by atoms with van der Waals surface area (Å²) in [7, 11) is 1.35. The highest BCUT2D eigenvalue weighted by Crippen LogP contribution is 2.31. The van der Waals surface area contributed by atoms with Gasteiger partial charge in [0.2, 0.25) is 0 Å². The lowest BCUT2D eigenvalue weighted by Crippen LogP contribution is -2.24. The van der Waals surface area contributed by atoms with Crippen molar-refractivity contribution in [2.24, 2.45) is 0 Å². The molecular weight excluding hydrogens is 366 g/mol. The molecule has 1 atom stereocenters. The average molecular weight is 387 g/mol. The fourth-order valence-electron chi connectivity index (χ4n) is 2.64. The van der Waals surface area contributed by atoms with E-state index in [1.807, 2.05) is 30.3 Å². The minimum atomic E-state index is -0.401. The molecule has 27 heavy (non-hydrogen) atoms. The summed E-state index contributed by atoms with van der Waals surface area (Å²) >= 11 is 1.30. The van der Waals surface area contributed by atoms with Crippen molar-refractivity contribution in [1.29, 1.82) is 0 Å². The smallest absolute Gasteiger partial charge is 0.318 e. The van der Waals surface area contributed by atoms with Gasteiger partial charge in [0.25, 0.3) is 5.91 Å². The second-order valence-corrected chi connectivity index (χ2v) is 7.32. The maximum atomic E-state index is 12.7. The van der Waals surface area contributed by atoms with Crippen LogP contribution < -0.4 is 14.8 Å². The van der Waals surface area contributed by atoms with E-state index >= 15 is 0 Å². The molecule has 0 saturated carbocycles. The normalized spacial score (nSPS) is 13.6. The molecule has 1 heterocycles. The summed E-state index contributed by atoms with van der Waals surface area (Å²) < 4.78 is 15.8. The highest BCUT2D eigenvalue weighted by Gasteiger charge is 2.19. The van der Waals surface area contributed by atoms with Crippen molar-refractivity contribution in [2.45, 2.75) is 23.6 Å². The van der Waals surface area contributed by atoms with E-state index in [-0.39, 0.29) is 11.9 Å². The summed E-state index contributed by atoms with van der Waals surface area (Å²) in [5.41, 5.74) is 1.44. The zero-order valence-electron chi connectivity index (χ0n) is 15.2. The van der Waals surface area contributed by atoms with Gasteiger partial charge in [-0.25, -0.2) is 0 Å². The predicted molar refractivity (Wildman–Crippen MR) is 102 cm³/mol. The van der Waals surface area contributed by atoms with Gasteiger partial charge in [-0.15, -0.1) is 11.8 Å². The van der Waals surface area contributed by atoms with Crippen LogP contribution in [-0.4, -0.2) is 37.4 Å². The van der Waals surface area contributed by atoms with Crippen molar-refractivity contribution in [3.8, 4) is 11.5 Å². The van der Waals surface area contributed by atoms with E-state index in [4.69, 9.17) is 14.2 Å². The van der Waals surface area contributed by atoms with Gasteiger partial charge >= 0.3 is 5.97 Å². The maximum Gasteiger partial charge on any atom is 0.318 e. The molecule has 3 rings (SSSR count). The summed E-state index contributed by atoms with van der Waals surface area (Å²) in [6, 6.07) is 12.8. The van der Waals surface area contributed by atoms with Crippen LogP contribution in [0.4, 0.5) is 0 Å². The number of fused-ring (bicyclic) bond motifs is 1. The van der Waals surface area contributed by atoms with E-state index < -0.39 is 5.25 Å². The molecule has 1 aliphatic rings. The largest absolute Gasteiger partial charge is 0.486 e. The Morgan fingerprint density at radius 3 is 2.67 bits per heavy atom. The number of benzene rings is 2. The Labute approximate surface area is 162 Å². The van der Waals surface area contributed by atoms with Crippen LogP contribution in [0.2, 0.25) is 0 Å². The van der Waals surface area contributed by atoms with Gasteiger partial charge in [-0.2, -0.15) is 0 Å². The predicted octanol–water partition coefficient (Wildman–Crippen LogP) is 3.04. The third-order valence-corrected chi connectivity index (χ3v) is 5.18. The van der Waals surface area contributed by atoms with Crippen LogP contribution in [-0.2, 0) is 16.1 Å². The quantitative estimate of drug-likeness (QED) is 0.607. The number of esters is 1. The van der Waals surface area contributed by atoms with Crippen LogP contribution in [0, 0.1) is 0 Å². The number of hydrogen-bond acceptors (Lipinski definition) is 6. The standard InChI is InChI=1S/C20H21NO5S/c1-13(20(23)24-2)27-18-6-4-3-5-15(18)19(22)21-12-14-7-8-16-17(11-14)26-10-9-25-16/h3-8,11,13H,9-10,12H2,1-2H3,(H,21,22). The summed E-state index contributed by atoms with van der Waals surface area (Å²) in [6.45, 7) is 3.18. The zero-order valence-corrected chi connectivity index (χ0v) is 16.0. The Hall–Kier alpha value is -2.67. The third-order valence-electron chi connectivity index (χ3n) is 4.03. The number of rotatable bonds is 6. The SMILES string of the molecule is COC(=O)C(C)Sc1ccccc1C(=O)NCc1ccc2c(c1)OCCO2. The number of methoxy groups -OCH3 is 1. The van der Waals surface area contributed by atoms with Crippen LogP contribution in [0.3, 0.4) is 0 Å². The average Bonchev–Trinajstić information content (AvgIpc) is 2.71. The lowest BCUT2D eigenvalue weighted by Gasteiger charge is -2.19. The van der Waals surface area contributed by atoms with Gasteiger partial charge in [-0.1, -0.05) is 18.2 Å². The van der Waals surface area contributed by atoms with Gasteiger partial charge in [0.05, 0.1) is 12.7 Å². The van der Waals surface area contributed by atoms with Crippen LogP contribution >= 0.6 is 11.8 Å². The third kappa shape index (κ3) is 4.74. The van der Waals surface area contributed by atoms with E-state index in [1.165, 1.54) is 18.9 Å². The topological polar surface area (TPSA) is 73.9 Å². The fourth-order valence-corrected chi connectivity index (χ4v) is 3.66. The lowest BCUT2D eigenvalue weighted by molar-refractivity contribution is -0.139. The fraction of sp³-hybridized carbons (Fsp3) is 0.300. The summed E-state index contributed by atoms with van der Waals surface area (Å²) in [4.78, 5) is 25.0. The lowest BCUT2D eigenvalue weighted by atomic mass is 10.1. The van der Waals surface area contributed by atoms with Crippen molar-refractivity contribution in [3.05, 3.63) is 53.6 Å². The Kier molecular flexibility index (Phi) is 6.24. The number of hydrogen-bond donors (Lipinski definition) is 1. The van der Waals surface area contributed by atoms with Gasteiger partial charge in [-0.05, 0) is 36.8 Å². The van der Waals surface area contributed by atoms with Crippen molar-refractivity contribution >= 4 is 23.6 Å². The Balaban J connectivity index is 1.67. The Morgan fingerprint density at radius 1 is 1.15 bits per heavy atom. The Morgan fingerprint density at radius 2 is 1.89 bits per heavy atom. The first-order valence-corrected chi connectivity index (χ1v) is 9.46. The first-order chi connectivity index (χ1) is 13.1. The maximum absolute atomic E-state index is 12.7. The molecule has 1 aliphatic heterocycles. The molecule has 0 fully saturated rings. The van der Waals surface area contributed by atoms with Crippen LogP contribution in [0.5, 0.6) is 11.5 Å². The first kappa shape index (κ1) is 19.1. The first-order valence-electron chi connectivity index (χ1n) is 8.58. The number of nitrogens with one attached hydrogen (secondary N) is 1. The minimum absolute atomic E-state index is 0.204. The van der Waals surface area contributed by atoms with E-state index in [9.17, 15) is 9.59 Å². The molecule has 0 radical (unpaired) electrons. The van der Waals surface area contributed by atoms with Crippen molar-refractivity contribution in [1.82, 2.24) is 5.32 Å². The summed E-state index contributed by atoms with van der Waals surface area (Å²) in [5.74, 6) is 0.877. The molecule has 0 spiro atoms. The molecule has 7 heteroatoms. The number of thioether (sulfide) groups is 1. The molecule has 1 unspecified atom stereocenters. The van der Waals surface area contributed by atoms with Crippen LogP contribution in [0.25, 0.3) is 0 Å². The minimum Gasteiger partial charge on any atom is -0.486 e. The highest BCUT2D eigenvalue weighted by atomic mass is 32.2. The molecule has 1 amide bonds. The van der Waals surface area contributed by atoms with E-state index in [1.54, 1.807) is 19.1 Å². The molecule has 0 bridgehead atoms. The molecular formula is C20H21NO5S. The molecule has 0 aliphatic carbocycles. The van der Waals surface area contributed by atoms with E-state index in [2.05, 4.69) is 5.32 Å². The molecule has 1 N–H and O–H groups in total. The number of ether oxygens (including phenoxy) is 3. The summed E-state index contributed by atoms with van der Waals surface area (Å²) in [6.07, 6.45) is 0. The Bertz CT molecular complexity index is 839. The molecule has 2 aromatic carbocycles. The van der Waals surface area contributed by atoms with Crippen molar-refractivity contribution in [2.75, 3.05) is 20.3 Å². The van der Waals surface area contributed by atoms with Gasteiger partial charge < -0.3 is 19.5 Å². The number of carbonyl (C=O) groups is 2.